The standard InChI is InChI=1S/C19H13N3O2S4/c23-16(21-18-20-14(11-27-18)12-5-2-1-3-6-12)10-22-17(24)15(28-19(22)25)9-13-7-4-8-26-13/h1-9,11H,10H2,(H,20,21,23). The minimum atomic E-state index is -0.331. The van der Waals surface area contributed by atoms with Crippen LogP contribution in [0.15, 0.2) is 58.1 Å². The Morgan fingerprint density at radius 1 is 1.18 bits per heavy atom. The highest BCUT2D eigenvalue weighted by atomic mass is 32.2. The molecule has 0 bridgehead atoms. The van der Waals surface area contributed by atoms with Gasteiger partial charge in [-0.25, -0.2) is 4.98 Å². The Bertz CT molecular complexity index is 1060. The molecule has 4 rings (SSSR count). The zero-order valence-electron chi connectivity index (χ0n) is 14.3. The van der Waals surface area contributed by atoms with E-state index in [0.717, 1.165) is 16.1 Å². The Balaban J connectivity index is 1.41. The summed E-state index contributed by atoms with van der Waals surface area (Å²) < 4.78 is 0.382. The maximum absolute atomic E-state index is 12.6. The predicted molar refractivity (Wildman–Crippen MR) is 120 cm³/mol. The first-order valence-electron chi connectivity index (χ1n) is 8.20. The summed E-state index contributed by atoms with van der Waals surface area (Å²) >= 11 is 9.37. The van der Waals surface area contributed by atoms with Gasteiger partial charge in [-0.2, -0.15) is 0 Å². The van der Waals surface area contributed by atoms with Crippen molar-refractivity contribution in [1.29, 1.82) is 0 Å². The van der Waals surface area contributed by atoms with Crippen molar-refractivity contribution < 1.29 is 9.59 Å². The number of hydrogen-bond donors (Lipinski definition) is 1. The van der Waals surface area contributed by atoms with Crippen LogP contribution in [0.25, 0.3) is 17.3 Å². The van der Waals surface area contributed by atoms with Gasteiger partial charge in [0.2, 0.25) is 5.91 Å². The van der Waals surface area contributed by atoms with Crippen molar-refractivity contribution >= 4 is 74.0 Å². The number of thiocarbonyl (C=S) groups is 1. The molecule has 140 valence electrons. The lowest BCUT2D eigenvalue weighted by atomic mass is 10.2. The van der Waals surface area contributed by atoms with Gasteiger partial charge in [0.1, 0.15) is 10.9 Å². The van der Waals surface area contributed by atoms with Gasteiger partial charge in [-0.15, -0.1) is 22.7 Å². The minimum absolute atomic E-state index is 0.132. The molecule has 1 aliphatic rings. The van der Waals surface area contributed by atoms with E-state index in [-0.39, 0.29) is 18.4 Å². The Morgan fingerprint density at radius 2 is 2.00 bits per heavy atom. The van der Waals surface area contributed by atoms with E-state index in [9.17, 15) is 9.59 Å². The topological polar surface area (TPSA) is 62.3 Å². The minimum Gasteiger partial charge on any atom is -0.300 e. The van der Waals surface area contributed by atoms with Crippen LogP contribution in [0.1, 0.15) is 4.88 Å². The maximum Gasteiger partial charge on any atom is 0.266 e. The van der Waals surface area contributed by atoms with E-state index in [4.69, 9.17) is 12.2 Å². The summed E-state index contributed by atoms with van der Waals surface area (Å²) in [4.78, 5) is 32.2. The number of carbonyl (C=O) groups is 2. The fraction of sp³-hybridized carbons (Fsp3) is 0.0526. The summed E-state index contributed by atoms with van der Waals surface area (Å²) in [5, 5.41) is 7.06. The van der Waals surface area contributed by atoms with Gasteiger partial charge >= 0.3 is 0 Å². The second-order valence-electron chi connectivity index (χ2n) is 5.74. The quantitative estimate of drug-likeness (QED) is 0.457. The highest BCUT2D eigenvalue weighted by molar-refractivity contribution is 8.26. The highest BCUT2D eigenvalue weighted by Crippen LogP contribution is 2.33. The Kier molecular flexibility index (Phi) is 5.67. The molecule has 3 heterocycles. The molecule has 0 atom stereocenters. The van der Waals surface area contributed by atoms with Gasteiger partial charge < -0.3 is 5.32 Å². The van der Waals surface area contributed by atoms with Gasteiger partial charge in [0.05, 0.1) is 10.6 Å². The number of anilines is 1. The third-order valence-electron chi connectivity index (χ3n) is 3.81. The monoisotopic (exact) mass is 443 g/mol. The van der Waals surface area contributed by atoms with Crippen molar-refractivity contribution in [2.24, 2.45) is 0 Å². The molecule has 3 aromatic rings. The average molecular weight is 444 g/mol. The second-order valence-corrected chi connectivity index (χ2v) is 9.25. The summed E-state index contributed by atoms with van der Waals surface area (Å²) in [5.41, 5.74) is 1.78. The first kappa shape index (κ1) is 19.0. The number of amides is 2. The molecule has 1 fully saturated rings. The van der Waals surface area contributed by atoms with Crippen molar-refractivity contribution in [2.75, 3.05) is 11.9 Å². The summed E-state index contributed by atoms with van der Waals surface area (Å²) in [6.45, 7) is -0.132. The number of rotatable bonds is 5. The molecule has 1 saturated heterocycles. The zero-order valence-corrected chi connectivity index (χ0v) is 17.6. The molecular weight excluding hydrogens is 430 g/mol. The average Bonchev–Trinajstić information content (AvgIpc) is 3.42. The summed E-state index contributed by atoms with van der Waals surface area (Å²) in [5.74, 6) is -0.578. The zero-order chi connectivity index (χ0) is 19.5. The Hall–Kier alpha value is -2.33. The van der Waals surface area contributed by atoms with E-state index in [2.05, 4.69) is 10.3 Å². The Labute approximate surface area is 179 Å². The fourth-order valence-corrected chi connectivity index (χ4v) is 5.23. The lowest BCUT2D eigenvalue weighted by Gasteiger charge is -2.13. The van der Waals surface area contributed by atoms with E-state index < -0.39 is 0 Å². The van der Waals surface area contributed by atoms with Crippen LogP contribution in [0.4, 0.5) is 5.13 Å². The number of hydrogen-bond acceptors (Lipinski definition) is 7. The number of aromatic nitrogens is 1. The molecule has 0 saturated carbocycles. The van der Waals surface area contributed by atoms with Crippen molar-refractivity contribution in [2.45, 2.75) is 0 Å². The van der Waals surface area contributed by atoms with Crippen LogP contribution in [0.2, 0.25) is 0 Å². The lowest BCUT2D eigenvalue weighted by Crippen LogP contribution is -2.36. The molecule has 0 spiro atoms. The van der Waals surface area contributed by atoms with Gasteiger partial charge in [-0.05, 0) is 17.5 Å². The molecule has 1 aromatic carbocycles. The molecule has 2 amide bonds. The first-order chi connectivity index (χ1) is 13.6. The van der Waals surface area contributed by atoms with Gasteiger partial charge in [-0.3, -0.25) is 14.5 Å². The molecule has 28 heavy (non-hydrogen) atoms. The summed E-state index contributed by atoms with van der Waals surface area (Å²) in [7, 11) is 0. The molecular formula is C19H13N3O2S4. The normalized spacial score (nSPS) is 15.4. The molecule has 5 nitrogen and oxygen atoms in total. The Morgan fingerprint density at radius 3 is 2.75 bits per heavy atom. The van der Waals surface area contributed by atoms with E-state index in [1.807, 2.05) is 53.2 Å². The number of carbonyl (C=O) groups excluding carboxylic acids is 2. The highest BCUT2D eigenvalue weighted by Gasteiger charge is 2.33. The van der Waals surface area contributed by atoms with Crippen LogP contribution in [-0.4, -0.2) is 32.6 Å². The van der Waals surface area contributed by atoms with Crippen molar-refractivity contribution in [1.82, 2.24) is 9.88 Å². The van der Waals surface area contributed by atoms with E-state index in [1.54, 1.807) is 17.4 Å². The SMILES string of the molecule is O=C(CN1C(=O)C(=Cc2cccs2)SC1=S)Nc1nc(-c2ccccc2)cs1. The molecule has 9 heteroatoms. The largest absolute Gasteiger partial charge is 0.300 e. The number of thiophene rings is 1. The van der Waals surface area contributed by atoms with Crippen molar-refractivity contribution in [3.63, 3.8) is 0 Å². The van der Waals surface area contributed by atoms with E-state index in [1.165, 1.54) is 28.0 Å². The number of benzene rings is 1. The summed E-state index contributed by atoms with van der Waals surface area (Å²) in [6, 6.07) is 13.6. The predicted octanol–water partition coefficient (Wildman–Crippen LogP) is 4.71. The molecule has 0 radical (unpaired) electrons. The second kappa shape index (κ2) is 8.36. The first-order valence-corrected chi connectivity index (χ1v) is 11.2. The molecule has 0 unspecified atom stereocenters. The smallest absolute Gasteiger partial charge is 0.266 e. The van der Waals surface area contributed by atoms with Gasteiger partial charge in [-0.1, -0.05) is 60.4 Å². The van der Waals surface area contributed by atoms with Crippen LogP contribution in [-0.2, 0) is 9.59 Å². The van der Waals surface area contributed by atoms with Crippen LogP contribution in [0.3, 0.4) is 0 Å². The van der Waals surface area contributed by atoms with Crippen molar-refractivity contribution in [3.8, 4) is 11.3 Å². The number of thioether (sulfide) groups is 1. The van der Waals surface area contributed by atoms with E-state index in [0.29, 0.717) is 14.4 Å². The maximum atomic E-state index is 12.6. The molecule has 0 aliphatic carbocycles. The van der Waals surface area contributed by atoms with Crippen LogP contribution >= 0.6 is 46.7 Å². The molecule has 1 aliphatic heterocycles. The van der Waals surface area contributed by atoms with Gasteiger partial charge in [0.15, 0.2) is 5.13 Å². The molecule has 1 N–H and O–H groups in total. The summed E-state index contributed by atoms with van der Waals surface area (Å²) in [6.07, 6.45) is 1.80. The lowest BCUT2D eigenvalue weighted by molar-refractivity contribution is -0.126. The molecule has 2 aromatic heterocycles. The third kappa shape index (κ3) is 4.22. The van der Waals surface area contributed by atoms with Crippen LogP contribution in [0.5, 0.6) is 0 Å². The number of thiazole rings is 1. The number of nitrogens with zero attached hydrogens (tertiary/aromatic N) is 2. The van der Waals surface area contributed by atoms with Crippen LogP contribution in [0, 0.1) is 0 Å². The van der Waals surface area contributed by atoms with Gasteiger partial charge in [0.25, 0.3) is 5.91 Å². The van der Waals surface area contributed by atoms with E-state index >= 15 is 0 Å². The third-order valence-corrected chi connectivity index (χ3v) is 6.77. The van der Waals surface area contributed by atoms with Crippen LogP contribution < -0.4 is 5.32 Å². The fourth-order valence-electron chi connectivity index (χ4n) is 2.51. The van der Waals surface area contributed by atoms with Crippen molar-refractivity contribution in [3.05, 3.63) is 63.0 Å². The number of nitrogens with one attached hydrogen (secondary N) is 1. The van der Waals surface area contributed by atoms with Gasteiger partial charge in [0, 0.05) is 15.8 Å².